The molecule has 1 aliphatic rings. The van der Waals surface area contributed by atoms with Gasteiger partial charge in [0.15, 0.2) is 0 Å². The summed E-state index contributed by atoms with van der Waals surface area (Å²) in [5, 5.41) is 3.68. The molecule has 1 heteroatoms. The van der Waals surface area contributed by atoms with Gasteiger partial charge in [0.25, 0.3) is 0 Å². The third kappa shape index (κ3) is 4.66. The van der Waals surface area contributed by atoms with Gasteiger partial charge in [0.2, 0.25) is 0 Å². The molecule has 1 saturated carbocycles. The third-order valence-electron chi connectivity index (χ3n) is 3.22. The first kappa shape index (κ1) is 11.0. The summed E-state index contributed by atoms with van der Waals surface area (Å²) in [4.78, 5) is 0. The highest BCUT2D eigenvalue weighted by Gasteiger charge is 2.14. The number of hydrogen-bond acceptors (Lipinski definition) is 1. The second-order valence-corrected chi connectivity index (χ2v) is 4.62. The Morgan fingerprint density at radius 2 is 2.00 bits per heavy atom. The van der Waals surface area contributed by atoms with E-state index in [1.165, 1.54) is 51.5 Å². The Balaban J connectivity index is 2.11. The van der Waals surface area contributed by atoms with E-state index in [-0.39, 0.29) is 0 Å². The van der Waals surface area contributed by atoms with E-state index in [0.717, 1.165) is 12.0 Å². The quantitative estimate of drug-likeness (QED) is 0.520. The van der Waals surface area contributed by atoms with E-state index >= 15 is 0 Å². The maximum atomic E-state index is 3.68. The summed E-state index contributed by atoms with van der Waals surface area (Å²) in [6, 6.07) is 0.830. The van der Waals surface area contributed by atoms with Crippen LogP contribution in [0.25, 0.3) is 0 Å². The van der Waals surface area contributed by atoms with Crippen LogP contribution in [0.1, 0.15) is 58.8 Å². The van der Waals surface area contributed by atoms with Crippen molar-refractivity contribution in [2.75, 3.05) is 6.54 Å². The number of nitrogens with one attached hydrogen (secondary N) is 1. The molecule has 0 spiro atoms. The molecule has 0 radical (unpaired) electrons. The fourth-order valence-corrected chi connectivity index (χ4v) is 2.17. The van der Waals surface area contributed by atoms with Crippen LogP contribution in [0.2, 0.25) is 0 Å². The van der Waals surface area contributed by atoms with E-state index in [4.69, 9.17) is 0 Å². The lowest BCUT2D eigenvalue weighted by Crippen LogP contribution is -2.29. The van der Waals surface area contributed by atoms with Gasteiger partial charge in [0.05, 0.1) is 0 Å². The van der Waals surface area contributed by atoms with Gasteiger partial charge in [0, 0.05) is 6.04 Å². The molecule has 0 aromatic carbocycles. The zero-order valence-electron chi connectivity index (χ0n) is 9.31. The van der Waals surface area contributed by atoms with Crippen molar-refractivity contribution >= 4 is 0 Å². The summed E-state index contributed by atoms with van der Waals surface area (Å²) in [7, 11) is 0. The Bertz CT molecular complexity index is 122. The van der Waals surface area contributed by atoms with Crippen LogP contribution in [0.4, 0.5) is 0 Å². The molecule has 2 unspecified atom stereocenters. The highest BCUT2D eigenvalue weighted by molar-refractivity contribution is 4.72. The molecular formula is C12H25N. The number of hydrogen-bond donors (Lipinski definition) is 1. The summed E-state index contributed by atoms with van der Waals surface area (Å²) in [5.74, 6) is 0.970. The predicted octanol–water partition coefficient (Wildman–Crippen LogP) is 3.34. The lowest BCUT2D eigenvalue weighted by molar-refractivity contribution is 0.444. The molecule has 0 heterocycles. The van der Waals surface area contributed by atoms with Crippen LogP contribution >= 0.6 is 0 Å². The van der Waals surface area contributed by atoms with Crippen molar-refractivity contribution in [2.45, 2.75) is 64.8 Å². The van der Waals surface area contributed by atoms with Crippen LogP contribution in [0.3, 0.4) is 0 Å². The minimum absolute atomic E-state index is 0.830. The number of rotatable bonds is 4. The fraction of sp³-hybridized carbons (Fsp3) is 1.00. The van der Waals surface area contributed by atoms with Gasteiger partial charge in [-0.25, -0.2) is 0 Å². The van der Waals surface area contributed by atoms with Crippen molar-refractivity contribution in [1.82, 2.24) is 5.32 Å². The van der Waals surface area contributed by atoms with Gasteiger partial charge in [-0.1, -0.05) is 33.1 Å². The molecular weight excluding hydrogens is 158 g/mol. The summed E-state index contributed by atoms with van der Waals surface area (Å²) in [6.07, 6.45) is 9.79. The summed E-state index contributed by atoms with van der Waals surface area (Å²) < 4.78 is 0. The maximum Gasteiger partial charge on any atom is 0.00671 e. The molecule has 0 saturated heterocycles. The molecule has 0 bridgehead atoms. The Labute approximate surface area is 83.3 Å². The van der Waals surface area contributed by atoms with Crippen LogP contribution in [0.15, 0.2) is 0 Å². The minimum Gasteiger partial charge on any atom is -0.314 e. The van der Waals surface area contributed by atoms with Gasteiger partial charge in [-0.15, -0.1) is 0 Å². The highest BCUT2D eigenvalue weighted by Crippen LogP contribution is 2.22. The first-order valence-electron chi connectivity index (χ1n) is 6.06. The Kier molecular flexibility index (Phi) is 5.45. The van der Waals surface area contributed by atoms with Gasteiger partial charge in [0.1, 0.15) is 0 Å². The monoisotopic (exact) mass is 183 g/mol. The molecule has 78 valence electrons. The Morgan fingerprint density at radius 3 is 2.77 bits per heavy atom. The van der Waals surface area contributed by atoms with Crippen LogP contribution in [-0.2, 0) is 0 Å². The van der Waals surface area contributed by atoms with Crippen molar-refractivity contribution in [3.05, 3.63) is 0 Å². The van der Waals surface area contributed by atoms with Crippen LogP contribution < -0.4 is 5.32 Å². The molecule has 1 nitrogen and oxygen atoms in total. The first-order chi connectivity index (χ1) is 6.33. The lowest BCUT2D eigenvalue weighted by Gasteiger charge is -2.15. The van der Waals surface area contributed by atoms with E-state index in [0.29, 0.717) is 0 Å². The van der Waals surface area contributed by atoms with Crippen molar-refractivity contribution in [2.24, 2.45) is 5.92 Å². The van der Waals surface area contributed by atoms with Crippen LogP contribution in [-0.4, -0.2) is 12.6 Å². The van der Waals surface area contributed by atoms with Gasteiger partial charge in [-0.3, -0.25) is 0 Å². The standard InChI is InChI=1S/C12H25N/c1-3-4-10-13-12-7-5-6-11(2)8-9-12/h11-13H,3-10H2,1-2H3. The van der Waals surface area contributed by atoms with Gasteiger partial charge in [-0.2, -0.15) is 0 Å². The summed E-state index contributed by atoms with van der Waals surface area (Å²) in [6.45, 7) is 5.89. The molecule has 2 atom stereocenters. The maximum absolute atomic E-state index is 3.68. The van der Waals surface area contributed by atoms with E-state index in [1.807, 2.05) is 0 Å². The van der Waals surface area contributed by atoms with Gasteiger partial charge >= 0.3 is 0 Å². The lowest BCUT2D eigenvalue weighted by atomic mass is 10.0. The molecule has 0 aliphatic heterocycles. The van der Waals surface area contributed by atoms with Crippen molar-refractivity contribution in [3.63, 3.8) is 0 Å². The highest BCUT2D eigenvalue weighted by atomic mass is 14.9. The molecule has 1 rings (SSSR count). The smallest absolute Gasteiger partial charge is 0.00671 e. The first-order valence-corrected chi connectivity index (χ1v) is 6.06. The van der Waals surface area contributed by atoms with Crippen molar-refractivity contribution < 1.29 is 0 Å². The molecule has 13 heavy (non-hydrogen) atoms. The third-order valence-corrected chi connectivity index (χ3v) is 3.22. The zero-order chi connectivity index (χ0) is 9.52. The molecule has 0 aromatic rings. The SMILES string of the molecule is CCCCNC1CCCC(C)CC1. The van der Waals surface area contributed by atoms with E-state index in [9.17, 15) is 0 Å². The molecule has 1 aliphatic carbocycles. The second-order valence-electron chi connectivity index (χ2n) is 4.62. The molecule has 0 amide bonds. The van der Waals surface area contributed by atoms with E-state index < -0.39 is 0 Å². The fourth-order valence-electron chi connectivity index (χ4n) is 2.17. The van der Waals surface area contributed by atoms with Gasteiger partial charge < -0.3 is 5.32 Å². The minimum atomic E-state index is 0.830. The zero-order valence-corrected chi connectivity index (χ0v) is 9.31. The second kappa shape index (κ2) is 6.42. The number of unbranched alkanes of at least 4 members (excludes halogenated alkanes) is 1. The predicted molar refractivity (Wildman–Crippen MR) is 58.9 cm³/mol. The Morgan fingerprint density at radius 1 is 1.15 bits per heavy atom. The molecule has 1 N–H and O–H groups in total. The summed E-state index contributed by atoms with van der Waals surface area (Å²) >= 11 is 0. The molecule has 1 fully saturated rings. The van der Waals surface area contributed by atoms with Crippen LogP contribution in [0.5, 0.6) is 0 Å². The van der Waals surface area contributed by atoms with Crippen molar-refractivity contribution in [1.29, 1.82) is 0 Å². The normalized spacial score (nSPS) is 30.0. The average molecular weight is 183 g/mol. The topological polar surface area (TPSA) is 12.0 Å². The van der Waals surface area contributed by atoms with E-state index in [1.54, 1.807) is 0 Å². The largest absolute Gasteiger partial charge is 0.314 e. The van der Waals surface area contributed by atoms with Gasteiger partial charge in [-0.05, 0) is 38.1 Å². The summed E-state index contributed by atoms with van der Waals surface area (Å²) in [5.41, 5.74) is 0. The van der Waals surface area contributed by atoms with Crippen LogP contribution in [0, 0.1) is 5.92 Å². The van der Waals surface area contributed by atoms with E-state index in [2.05, 4.69) is 19.2 Å². The molecule has 0 aromatic heterocycles. The van der Waals surface area contributed by atoms with Crippen molar-refractivity contribution in [3.8, 4) is 0 Å². The Hall–Kier alpha value is -0.0400. The average Bonchev–Trinajstić information content (AvgIpc) is 2.32.